The molecule has 2 aromatic heterocycles. The number of rotatable bonds is 7. The molecule has 5 amide bonds. The van der Waals surface area contributed by atoms with Gasteiger partial charge in [0.05, 0.1) is 29.4 Å². The number of halogens is 2. The molecular formula is C46H49F2N7O5. The molecule has 14 heteroatoms. The number of aromatic nitrogens is 2. The highest BCUT2D eigenvalue weighted by molar-refractivity contribution is 6.23. The third kappa shape index (κ3) is 6.72. The predicted molar refractivity (Wildman–Crippen MR) is 217 cm³/mol. The summed E-state index contributed by atoms with van der Waals surface area (Å²) in [7, 11) is 0. The molecule has 0 spiro atoms. The van der Waals surface area contributed by atoms with Gasteiger partial charge in [0.2, 0.25) is 17.7 Å². The first-order chi connectivity index (χ1) is 29.0. The van der Waals surface area contributed by atoms with E-state index in [1.54, 1.807) is 12.1 Å². The molecule has 0 bridgehead atoms. The number of alkyl halides is 2. The van der Waals surface area contributed by atoms with Crippen molar-refractivity contribution in [2.24, 2.45) is 5.92 Å². The minimum Gasteiger partial charge on any atom is -0.357 e. The Kier molecular flexibility index (Phi) is 9.90. The summed E-state index contributed by atoms with van der Waals surface area (Å²) in [6.45, 7) is 4.38. The van der Waals surface area contributed by atoms with Crippen molar-refractivity contribution in [3.05, 3.63) is 99.5 Å². The first kappa shape index (κ1) is 38.8. The zero-order valence-corrected chi connectivity index (χ0v) is 33.7. The second-order valence-corrected chi connectivity index (χ2v) is 17.7. The highest BCUT2D eigenvalue weighted by Gasteiger charge is 2.46. The average molecular weight is 818 g/mol. The van der Waals surface area contributed by atoms with E-state index in [2.05, 4.69) is 27.3 Å². The van der Waals surface area contributed by atoms with Crippen LogP contribution in [0.4, 0.5) is 8.78 Å². The van der Waals surface area contributed by atoms with Gasteiger partial charge in [0.15, 0.2) is 0 Å². The van der Waals surface area contributed by atoms with Crippen LogP contribution in [0.5, 0.6) is 0 Å². The van der Waals surface area contributed by atoms with Crippen molar-refractivity contribution < 1.29 is 32.8 Å². The lowest BCUT2D eigenvalue weighted by Crippen LogP contribution is -2.54. The van der Waals surface area contributed by atoms with Crippen molar-refractivity contribution in [2.75, 3.05) is 19.6 Å². The molecule has 12 nitrogen and oxygen atoms in total. The minimum absolute atomic E-state index is 0.00895. The van der Waals surface area contributed by atoms with E-state index in [9.17, 15) is 32.8 Å². The molecule has 3 atom stereocenters. The number of hydrogen-bond donors (Lipinski definition) is 2. The van der Waals surface area contributed by atoms with E-state index >= 15 is 0 Å². The Hall–Kier alpha value is -5.34. The van der Waals surface area contributed by atoms with Gasteiger partial charge >= 0.3 is 0 Å². The second kappa shape index (κ2) is 15.3. The Balaban J connectivity index is 0.735. The van der Waals surface area contributed by atoms with Crippen LogP contribution in [0.2, 0.25) is 0 Å². The van der Waals surface area contributed by atoms with Gasteiger partial charge in [-0.25, -0.2) is 8.78 Å². The molecule has 5 aliphatic heterocycles. The molecule has 1 unspecified atom stereocenters. The quantitative estimate of drug-likeness (QED) is 0.222. The summed E-state index contributed by atoms with van der Waals surface area (Å²) < 4.78 is 27.8. The second-order valence-electron chi connectivity index (χ2n) is 17.7. The van der Waals surface area contributed by atoms with Gasteiger partial charge in [-0.3, -0.25) is 49.0 Å². The van der Waals surface area contributed by atoms with E-state index in [-0.39, 0.29) is 49.2 Å². The van der Waals surface area contributed by atoms with E-state index in [0.29, 0.717) is 43.7 Å². The number of amides is 5. The van der Waals surface area contributed by atoms with Crippen LogP contribution >= 0.6 is 0 Å². The number of pyridine rings is 1. The number of imide groups is 2. The Bertz CT molecular complexity index is 2360. The van der Waals surface area contributed by atoms with Gasteiger partial charge in [0, 0.05) is 73.4 Å². The largest absolute Gasteiger partial charge is 0.357 e. The van der Waals surface area contributed by atoms with Crippen molar-refractivity contribution in [3.8, 4) is 0 Å². The number of likely N-dealkylation sites (tertiary alicyclic amines) is 1. The van der Waals surface area contributed by atoms with Crippen LogP contribution in [0.15, 0.2) is 54.7 Å². The summed E-state index contributed by atoms with van der Waals surface area (Å²) in [4.78, 5) is 80.5. The van der Waals surface area contributed by atoms with E-state index in [1.165, 1.54) is 5.56 Å². The van der Waals surface area contributed by atoms with Crippen molar-refractivity contribution in [3.63, 3.8) is 0 Å². The smallest absolute Gasteiger partial charge is 0.262 e. The third-order valence-corrected chi connectivity index (χ3v) is 14.3. The minimum atomic E-state index is -2.46. The van der Waals surface area contributed by atoms with Gasteiger partial charge in [-0.05, 0) is 111 Å². The molecule has 2 N–H and O–H groups in total. The molecule has 6 aliphatic rings. The van der Waals surface area contributed by atoms with Crippen LogP contribution in [0, 0.1) is 5.92 Å². The first-order valence-electron chi connectivity index (χ1n) is 21.5. The summed E-state index contributed by atoms with van der Waals surface area (Å²) in [5.74, 6) is -1.48. The lowest BCUT2D eigenvalue weighted by molar-refractivity contribution is -0.138. The van der Waals surface area contributed by atoms with Gasteiger partial charge in [-0.2, -0.15) is 0 Å². The maximum Gasteiger partial charge on any atom is 0.262 e. The molecule has 2 aromatic carbocycles. The van der Waals surface area contributed by atoms with Crippen molar-refractivity contribution in [1.29, 1.82) is 0 Å². The van der Waals surface area contributed by atoms with Crippen LogP contribution in [0.1, 0.15) is 125 Å². The molecular weight excluding hydrogens is 769 g/mol. The molecule has 1 aliphatic carbocycles. The maximum absolute atomic E-state index is 13.9. The molecule has 0 radical (unpaired) electrons. The van der Waals surface area contributed by atoms with Gasteiger partial charge < -0.3 is 9.88 Å². The summed E-state index contributed by atoms with van der Waals surface area (Å²) in [6, 6.07) is 14.7. The van der Waals surface area contributed by atoms with Crippen LogP contribution < -0.4 is 5.32 Å². The number of benzene rings is 2. The molecule has 3 fully saturated rings. The summed E-state index contributed by atoms with van der Waals surface area (Å²) >= 11 is 0. The van der Waals surface area contributed by atoms with Gasteiger partial charge in [-0.15, -0.1) is 0 Å². The predicted octanol–water partition coefficient (Wildman–Crippen LogP) is 5.85. The van der Waals surface area contributed by atoms with Gasteiger partial charge in [-0.1, -0.05) is 24.3 Å². The highest BCUT2D eigenvalue weighted by atomic mass is 19.3. The Morgan fingerprint density at radius 1 is 0.883 bits per heavy atom. The molecule has 7 heterocycles. The van der Waals surface area contributed by atoms with Crippen LogP contribution in [0.3, 0.4) is 0 Å². The number of para-hydroxylation sites is 1. The standard InChI is InChI=1S/C46H49F2N7O5/c1-25-18-33-32-4-2-3-5-36(32)50-41(33)42(54(25)24-39(47)48)37-11-10-28(21-49-37)26-6-8-27(9-7-26)44(58)52-16-14-31(15-17-52)53-22-29-19-34-35(20-30(29)23-53)46(60)55(45(34)59)38-12-13-40(56)51-43(38)57/h2-5,10-11,19-21,25-27,31,38-39,42,50H,6-9,12-18,22-24H2,1H3,(H,51,56,57)/t25-,26?,27?,38?,42-/m1/s1. The molecule has 4 aromatic rings. The Labute approximate surface area is 346 Å². The zero-order valence-electron chi connectivity index (χ0n) is 33.7. The Morgan fingerprint density at radius 2 is 1.58 bits per heavy atom. The van der Waals surface area contributed by atoms with Crippen molar-refractivity contribution >= 4 is 40.4 Å². The summed E-state index contributed by atoms with van der Waals surface area (Å²) in [5, 5.41) is 3.38. The summed E-state index contributed by atoms with van der Waals surface area (Å²) in [5.41, 5.74) is 7.65. The van der Waals surface area contributed by atoms with Gasteiger partial charge in [0.25, 0.3) is 18.2 Å². The number of carbonyl (C=O) groups is 5. The molecule has 312 valence electrons. The average Bonchev–Trinajstić information content (AvgIpc) is 3.91. The lowest BCUT2D eigenvalue weighted by atomic mass is 9.78. The number of aromatic amines is 1. The monoisotopic (exact) mass is 817 g/mol. The molecule has 60 heavy (non-hydrogen) atoms. The number of nitrogens with one attached hydrogen (secondary N) is 2. The third-order valence-electron chi connectivity index (χ3n) is 14.3. The van der Waals surface area contributed by atoms with Crippen LogP contribution in [-0.2, 0) is 33.9 Å². The SMILES string of the molecule is C[C@@H]1Cc2c([nH]c3ccccc23)[C@@H](c2ccc(C3CCC(C(=O)N4CCC(N5Cc6cc7c(cc6C5)C(=O)N(C5CCC(=O)NC5=O)C7=O)CC4)CC3)cn2)N1CC(F)F. The number of H-pyrrole nitrogens is 1. The van der Waals surface area contributed by atoms with Crippen molar-refractivity contribution in [1.82, 2.24) is 34.9 Å². The molecule has 2 saturated heterocycles. The van der Waals surface area contributed by atoms with Gasteiger partial charge in [0.1, 0.15) is 6.04 Å². The van der Waals surface area contributed by atoms with Crippen LogP contribution in [0.25, 0.3) is 10.9 Å². The lowest BCUT2D eigenvalue weighted by Gasteiger charge is -2.40. The van der Waals surface area contributed by atoms with E-state index < -0.39 is 42.1 Å². The fourth-order valence-electron chi connectivity index (χ4n) is 11.1. The number of piperidine rings is 2. The van der Waals surface area contributed by atoms with E-state index in [4.69, 9.17) is 4.98 Å². The maximum atomic E-state index is 13.9. The normalized spacial score (nSPS) is 26.5. The number of hydrogen-bond acceptors (Lipinski definition) is 8. The first-order valence-corrected chi connectivity index (χ1v) is 21.5. The number of nitrogens with zero attached hydrogens (tertiary/aromatic N) is 5. The fourth-order valence-corrected chi connectivity index (χ4v) is 11.1. The Morgan fingerprint density at radius 3 is 2.23 bits per heavy atom. The van der Waals surface area contributed by atoms with E-state index in [1.807, 2.05) is 47.2 Å². The molecule has 10 rings (SSSR count). The van der Waals surface area contributed by atoms with E-state index in [0.717, 1.165) is 82.4 Å². The number of fused-ring (bicyclic) bond motifs is 5. The highest BCUT2D eigenvalue weighted by Crippen LogP contribution is 2.42. The van der Waals surface area contributed by atoms with Crippen LogP contribution in [-0.4, -0.2) is 103 Å². The molecule has 1 saturated carbocycles. The fraction of sp³-hybridized carbons (Fsp3) is 0.478. The van der Waals surface area contributed by atoms with Crippen molar-refractivity contribution in [2.45, 2.75) is 114 Å². The topological polar surface area (TPSA) is 139 Å². The summed E-state index contributed by atoms with van der Waals surface area (Å²) in [6.07, 6.45) is 5.49. The zero-order chi connectivity index (χ0) is 41.4. The number of carbonyl (C=O) groups excluding carboxylic acids is 5.